The smallest absolute Gasteiger partial charge is 0.335 e. The number of rotatable bonds is 1. The van der Waals surface area contributed by atoms with Gasteiger partial charge < -0.3 is 9.51 Å². The molecule has 2 aromatic heterocycles. The second-order valence-electron chi connectivity index (χ2n) is 3.14. The van der Waals surface area contributed by atoms with Gasteiger partial charge in [0, 0.05) is 6.20 Å². The zero-order valence-corrected chi connectivity index (χ0v) is 8.06. The van der Waals surface area contributed by atoms with Gasteiger partial charge in [0.2, 0.25) is 0 Å². The van der Waals surface area contributed by atoms with Crippen molar-refractivity contribution in [2.75, 3.05) is 0 Å². The average molecular weight is 200 g/mol. The lowest BCUT2D eigenvalue weighted by molar-refractivity contribution is 0.0697. The van der Waals surface area contributed by atoms with Crippen LogP contribution in [0.2, 0.25) is 0 Å². The number of hydrogen-bond donors (Lipinski definition) is 1. The minimum absolute atomic E-state index is 0.205. The van der Waals surface area contributed by atoms with Crippen molar-refractivity contribution in [3.05, 3.63) is 35.3 Å². The van der Waals surface area contributed by atoms with Crippen LogP contribution in [0.4, 0.5) is 0 Å². The molecule has 0 fully saturated rings. The van der Waals surface area contributed by atoms with Gasteiger partial charge in [-0.3, -0.25) is 0 Å². The molecule has 15 heavy (non-hydrogen) atoms. The largest absolute Gasteiger partial charge is 0.478 e. The lowest BCUT2D eigenvalue weighted by Gasteiger charge is -1.97. The van der Waals surface area contributed by atoms with Gasteiger partial charge in [-0.25, -0.2) is 9.78 Å². The molecule has 0 atom stereocenters. The third-order valence-electron chi connectivity index (χ3n) is 2.25. The highest BCUT2D eigenvalue weighted by atomic mass is 16.4. The molecule has 0 saturated carbocycles. The normalized spacial score (nSPS) is 10.1. The van der Waals surface area contributed by atoms with Gasteiger partial charge in [0.05, 0.1) is 11.3 Å². The van der Waals surface area contributed by atoms with Gasteiger partial charge in [-0.15, -0.1) is 6.42 Å². The number of carbonyl (C=O) groups is 1. The standard InChI is InChI=1S/C11H8N2O2/c1-3-9-7(2)13-5-4-8(11(14)15)6-10(13)12-9/h1,4-6H,2H3,(H,14,15). The summed E-state index contributed by atoms with van der Waals surface area (Å²) in [5, 5.41) is 8.80. The minimum Gasteiger partial charge on any atom is -0.478 e. The van der Waals surface area contributed by atoms with Gasteiger partial charge >= 0.3 is 5.97 Å². The van der Waals surface area contributed by atoms with Crippen molar-refractivity contribution in [1.82, 2.24) is 9.38 Å². The molecule has 0 aliphatic heterocycles. The summed E-state index contributed by atoms with van der Waals surface area (Å²) in [6, 6.07) is 3.01. The van der Waals surface area contributed by atoms with E-state index in [1.807, 2.05) is 6.92 Å². The van der Waals surface area contributed by atoms with E-state index in [2.05, 4.69) is 10.9 Å². The van der Waals surface area contributed by atoms with Crippen molar-refractivity contribution >= 4 is 11.6 Å². The number of pyridine rings is 1. The Kier molecular flexibility index (Phi) is 1.94. The van der Waals surface area contributed by atoms with Crippen molar-refractivity contribution in [3.63, 3.8) is 0 Å². The Morgan fingerprint density at radius 3 is 3.00 bits per heavy atom. The first-order chi connectivity index (χ1) is 7.13. The van der Waals surface area contributed by atoms with E-state index in [0.717, 1.165) is 5.69 Å². The van der Waals surface area contributed by atoms with E-state index < -0.39 is 5.97 Å². The van der Waals surface area contributed by atoms with Crippen molar-refractivity contribution in [2.24, 2.45) is 0 Å². The highest BCUT2D eigenvalue weighted by Crippen LogP contribution is 2.12. The number of carboxylic acid groups (broad SMARTS) is 1. The zero-order chi connectivity index (χ0) is 11.0. The molecule has 2 rings (SSSR count). The Morgan fingerprint density at radius 1 is 1.67 bits per heavy atom. The van der Waals surface area contributed by atoms with Crippen LogP contribution >= 0.6 is 0 Å². The number of aromatic nitrogens is 2. The van der Waals surface area contributed by atoms with E-state index in [1.165, 1.54) is 12.1 Å². The van der Waals surface area contributed by atoms with Gasteiger partial charge in [0.15, 0.2) is 0 Å². The van der Waals surface area contributed by atoms with Crippen LogP contribution in [0, 0.1) is 19.3 Å². The van der Waals surface area contributed by atoms with E-state index in [4.69, 9.17) is 11.5 Å². The maximum Gasteiger partial charge on any atom is 0.335 e. The second-order valence-corrected chi connectivity index (χ2v) is 3.14. The molecule has 0 radical (unpaired) electrons. The molecular formula is C11H8N2O2. The van der Waals surface area contributed by atoms with Crippen molar-refractivity contribution in [2.45, 2.75) is 6.92 Å². The van der Waals surface area contributed by atoms with Crippen molar-refractivity contribution < 1.29 is 9.90 Å². The van der Waals surface area contributed by atoms with Gasteiger partial charge in [-0.05, 0) is 25.0 Å². The predicted octanol–water partition coefficient (Wildman–Crippen LogP) is 1.32. The quantitative estimate of drug-likeness (QED) is 0.706. The number of aryl methyl sites for hydroxylation is 1. The third kappa shape index (κ3) is 1.34. The van der Waals surface area contributed by atoms with Gasteiger partial charge in [-0.2, -0.15) is 0 Å². The van der Waals surface area contributed by atoms with E-state index in [-0.39, 0.29) is 5.56 Å². The zero-order valence-electron chi connectivity index (χ0n) is 8.06. The van der Waals surface area contributed by atoms with Crippen LogP contribution in [0.25, 0.3) is 5.65 Å². The summed E-state index contributed by atoms with van der Waals surface area (Å²) in [6.07, 6.45) is 6.92. The predicted molar refractivity (Wildman–Crippen MR) is 54.8 cm³/mol. The fraction of sp³-hybridized carbons (Fsp3) is 0.0909. The monoisotopic (exact) mass is 200 g/mol. The van der Waals surface area contributed by atoms with Crippen LogP contribution < -0.4 is 0 Å². The maximum atomic E-state index is 10.7. The number of carboxylic acids is 1. The van der Waals surface area contributed by atoms with Gasteiger partial charge in [-0.1, -0.05) is 0 Å². The number of nitrogens with zero attached hydrogens (tertiary/aromatic N) is 2. The third-order valence-corrected chi connectivity index (χ3v) is 2.25. The molecule has 4 nitrogen and oxygen atoms in total. The molecule has 1 N–H and O–H groups in total. The highest BCUT2D eigenvalue weighted by molar-refractivity contribution is 5.88. The number of terminal acetylenes is 1. The molecule has 0 aliphatic carbocycles. The molecular weight excluding hydrogens is 192 g/mol. The average Bonchev–Trinajstić information content (AvgIpc) is 2.55. The van der Waals surface area contributed by atoms with Crippen molar-refractivity contribution in [3.8, 4) is 12.3 Å². The maximum absolute atomic E-state index is 10.7. The molecule has 0 saturated heterocycles. The Hall–Kier alpha value is -2.28. The molecule has 4 heteroatoms. The van der Waals surface area contributed by atoms with Crippen LogP contribution in [0.1, 0.15) is 21.7 Å². The topological polar surface area (TPSA) is 54.6 Å². The molecule has 0 spiro atoms. The Balaban J connectivity index is 2.75. The summed E-state index contributed by atoms with van der Waals surface area (Å²) < 4.78 is 1.77. The lowest BCUT2D eigenvalue weighted by Crippen LogP contribution is -1.97. The number of imidazole rings is 1. The fourth-order valence-electron chi connectivity index (χ4n) is 1.44. The molecule has 0 amide bonds. The van der Waals surface area contributed by atoms with E-state index in [0.29, 0.717) is 11.3 Å². The Labute approximate surface area is 86.2 Å². The van der Waals surface area contributed by atoms with Crippen LogP contribution in [0.15, 0.2) is 18.3 Å². The lowest BCUT2D eigenvalue weighted by atomic mass is 10.3. The number of hydrogen-bond acceptors (Lipinski definition) is 2. The number of fused-ring (bicyclic) bond motifs is 1. The van der Waals surface area contributed by atoms with E-state index >= 15 is 0 Å². The first kappa shape index (κ1) is 9.28. The first-order valence-corrected chi connectivity index (χ1v) is 4.32. The fourth-order valence-corrected chi connectivity index (χ4v) is 1.44. The molecule has 0 aromatic carbocycles. The summed E-state index contributed by atoms with van der Waals surface area (Å²) in [4.78, 5) is 14.9. The molecule has 0 aliphatic rings. The summed E-state index contributed by atoms with van der Waals surface area (Å²) in [7, 11) is 0. The summed E-state index contributed by atoms with van der Waals surface area (Å²) in [5.74, 6) is 1.48. The van der Waals surface area contributed by atoms with E-state index in [9.17, 15) is 4.79 Å². The molecule has 74 valence electrons. The molecule has 0 unspecified atom stereocenters. The van der Waals surface area contributed by atoms with Crippen molar-refractivity contribution in [1.29, 1.82) is 0 Å². The first-order valence-electron chi connectivity index (χ1n) is 4.32. The molecule has 0 bridgehead atoms. The Bertz CT molecular complexity index is 590. The SMILES string of the molecule is C#Cc1nc2cc(C(=O)O)ccn2c1C. The van der Waals surface area contributed by atoms with Crippen LogP contribution in [-0.2, 0) is 0 Å². The van der Waals surface area contributed by atoms with Crippen LogP contribution in [-0.4, -0.2) is 20.5 Å². The van der Waals surface area contributed by atoms with Gasteiger partial charge in [0.25, 0.3) is 0 Å². The highest BCUT2D eigenvalue weighted by Gasteiger charge is 2.08. The van der Waals surface area contributed by atoms with Gasteiger partial charge in [0.1, 0.15) is 11.3 Å². The molecule has 2 aromatic rings. The minimum atomic E-state index is -0.972. The summed E-state index contributed by atoms with van der Waals surface area (Å²) in [6.45, 7) is 1.84. The summed E-state index contributed by atoms with van der Waals surface area (Å²) >= 11 is 0. The van der Waals surface area contributed by atoms with Crippen LogP contribution in [0.5, 0.6) is 0 Å². The second kappa shape index (κ2) is 3.14. The van der Waals surface area contributed by atoms with Crippen LogP contribution in [0.3, 0.4) is 0 Å². The number of aromatic carboxylic acids is 1. The summed E-state index contributed by atoms with van der Waals surface area (Å²) in [5.41, 5.74) is 2.14. The van der Waals surface area contributed by atoms with E-state index in [1.54, 1.807) is 10.6 Å². The molecule has 2 heterocycles. The Morgan fingerprint density at radius 2 is 2.40 bits per heavy atom.